The van der Waals surface area contributed by atoms with Gasteiger partial charge in [0.25, 0.3) is 5.91 Å². The summed E-state index contributed by atoms with van der Waals surface area (Å²) in [7, 11) is 3.10. The number of methoxy groups -OCH3 is 2. The van der Waals surface area contributed by atoms with Crippen molar-refractivity contribution in [3.8, 4) is 11.5 Å². The van der Waals surface area contributed by atoms with Crippen LogP contribution in [0.5, 0.6) is 11.5 Å². The van der Waals surface area contributed by atoms with E-state index in [0.29, 0.717) is 43.0 Å². The van der Waals surface area contributed by atoms with Crippen LogP contribution in [0, 0.1) is 9.49 Å². The van der Waals surface area contributed by atoms with Gasteiger partial charge >= 0.3 is 0 Å². The molecule has 1 fully saturated rings. The van der Waals surface area contributed by atoms with Gasteiger partial charge < -0.3 is 20.1 Å². The van der Waals surface area contributed by atoms with Gasteiger partial charge in [0.05, 0.1) is 19.8 Å². The molecule has 22 heavy (non-hydrogen) atoms. The van der Waals surface area contributed by atoms with Crippen LogP contribution in [0.4, 0.5) is 0 Å². The molecule has 1 saturated heterocycles. The van der Waals surface area contributed by atoms with Gasteiger partial charge in [0.1, 0.15) is 0 Å². The summed E-state index contributed by atoms with van der Waals surface area (Å²) in [5.41, 5.74) is 5.90. The molecule has 6 nitrogen and oxygen atoms in total. The molecule has 1 aromatic rings. The largest absolute Gasteiger partial charge is 0.493 e. The first-order valence-corrected chi connectivity index (χ1v) is 8.06. The smallest absolute Gasteiger partial charge is 0.255 e. The van der Waals surface area contributed by atoms with Crippen LogP contribution in [0.1, 0.15) is 23.2 Å². The number of nitrogens with zero attached hydrogens (tertiary/aromatic N) is 1. The molecule has 2 amide bonds. The van der Waals surface area contributed by atoms with Crippen LogP contribution in [0.3, 0.4) is 0 Å². The monoisotopic (exact) mass is 418 g/mol. The van der Waals surface area contributed by atoms with Gasteiger partial charge in [0.2, 0.25) is 5.91 Å². The second-order valence-corrected chi connectivity index (χ2v) is 6.32. The Hall–Kier alpha value is -1.51. The van der Waals surface area contributed by atoms with E-state index in [2.05, 4.69) is 22.6 Å². The number of likely N-dealkylation sites (tertiary alicyclic amines) is 1. The fraction of sp³-hybridized carbons (Fsp3) is 0.467. The maximum absolute atomic E-state index is 12.7. The predicted octanol–water partition coefficient (Wildman–Crippen LogP) is 1.65. The summed E-state index contributed by atoms with van der Waals surface area (Å²) in [6, 6.07) is 3.48. The minimum Gasteiger partial charge on any atom is -0.493 e. The van der Waals surface area contributed by atoms with E-state index in [0.717, 1.165) is 3.57 Å². The molecule has 0 radical (unpaired) electrons. The van der Waals surface area contributed by atoms with Crippen LogP contribution < -0.4 is 15.2 Å². The quantitative estimate of drug-likeness (QED) is 0.755. The standard InChI is InChI=1S/C15H19IN2O4/c1-21-12-7-10(11(16)8-13(12)22-2)15(20)18-5-3-9(4-6-18)14(17)19/h7-9H,3-6H2,1-2H3,(H2,17,19). The maximum atomic E-state index is 12.7. The van der Waals surface area contributed by atoms with Crippen molar-refractivity contribution < 1.29 is 19.1 Å². The molecule has 0 saturated carbocycles. The van der Waals surface area contributed by atoms with E-state index in [1.165, 1.54) is 7.11 Å². The van der Waals surface area contributed by atoms with Crippen molar-refractivity contribution in [2.75, 3.05) is 27.3 Å². The molecule has 120 valence electrons. The zero-order chi connectivity index (χ0) is 16.3. The Morgan fingerprint density at radius 2 is 1.73 bits per heavy atom. The van der Waals surface area contributed by atoms with Crippen molar-refractivity contribution in [3.63, 3.8) is 0 Å². The van der Waals surface area contributed by atoms with Crippen LogP contribution in [-0.4, -0.2) is 44.0 Å². The molecular formula is C15H19IN2O4. The molecular weight excluding hydrogens is 399 g/mol. The Labute approximate surface area is 143 Å². The number of primary amides is 1. The second-order valence-electron chi connectivity index (χ2n) is 5.16. The Bertz CT molecular complexity index is 583. The zero-order valence-electron chi connectivity index (χ0n) is 12.6. The first-order chi connectivity index (χ1) is 10.5. The van der Waals surface area contributed by atoms with E-state index in [4.69, 9.17) is 15.2 Å². The van der Waals surface area contributed by atoms with Crippen LogP contribution in [-0.2, 0) is 4.79 Å². The third kappa shape index (κ3) is 3.45. The maximum Gasteiger partial charge on any atom is 0.255 e. The number of ether oxygens (including phenoxy) is 2. The molecule has 1 aliphatic heterocycles. The molecule has 7 heteroatoms. The molecule has 1 aliphatic rings. The second kappa shape index (κ2) is 7.17. The third-order valence-electron chi connectivity index (χ3n) is 3.89. The van der Waals surface area contributed by atoms with Gasteiger partial charge in [-0.3, -0.25) is 9.59 Å². The molecule has 0 aliphatic carbocycles. The van der Waals surface area contributed by atoms with Crippen LogP contribution in [0.2, 0.25) is 0 Å². The molecule has 0 aromatic heterocycles. The Morgan fingerprint density at radius 1 is 1.18 bits per heavy atom. The highest BCUT2D eigenvalue weighted by molar-refractivity contribution is 14.1. The third-order valence-corrected chi connectivity index (χ3v) is 4.78. The number of amides is 2. The van der Waals surface area contributed by atoms with Gasteiger partial charge in [-0.25, -0.2) is 0 Å². The van der Waals surface area contributed by atoms with E-state index in [1.807, 2.05) is 0 Å². The van der Waals surface area contributed by atoms with E-state index >= 15 is 0 Å². The molecule has 1 heterocycles. The molecule has 2 N–H and O–H groups in total. The van der Waals surface area contributed by atoms with Crippen molar-refractivity contribution in [2.24, 2.45) is 11.7 Å². The van der Waals surface area contributed by atoms with Crippen molar-refractivity contribution in [3.05, 3.63) is 21.3 Å². The van der Waals surface area contributed by atoms with Gasteiger partial charge in [-0.05, 0) is 47.6 Å². The highest BCUT2D eigenvalue weighted by atomic mass is 127. The van der Waals surface area contributed by atoms with Crippen LogP contribution in [0.15, 0.2) is 12.1 Å². The van der Waals surface area contributed by atoms with Crippen LogP contribution in [0.25, 0.3) is 0 Å². The summed E-state index contributed by atoms with van der Waals surface area (Å²) >= 11 is 2.11. The highest BCUT2D eigenvalue weighted by Crippen LogP contribution is 2.32. The Kier molecular flexibility index (Phi) is 5.49. The SMILES string of the molecule is COc1cc(I)c(C(=O)N2CCC(C(N)=O)CC2)cc1OC. The molecule has 0 spiro atoms. The van der Waals surface area contributed by atoms with E-state index in [-0.39, 0.29) is 17.7 Å². The summed E-state index contributed by atoms with van der Waals surface area (Å²) in [6.07, 6.45) is 1.23. The minimum absolute atomic E-state index is 0.0618. The predicted molar refractivity (Wildman–Crippen MR) is 90.1 cm³/mol. The number of hydrogen-bond acceptors (Lipinski definition) is 4. The Morgan fingerprint density at radius 3 is 2.23 bits per heavy atom. The molecule has 0 unspecified atom stereocenters. The van der Waals surface area contributed by atoms with Crippen LogP contribution >= 0.6 is 22.6 Å². The number of hydrogen-bond donors (Lipinski definition) is 1. The molecule has 0 bridgehead atoms. The number of halogens is 1. The fourth-order valence-corrected chi connectivity index (χ4v) is 3.22. The molecule has 1 aromatic carbocycles. The number of benzene rings is 1. The topological polar surface area (TPSA) is 81.9 Å². The van der Waals surface area contributed by atoms with E-state index < -0.39 is 0 Å². The summed E-state index contributed by atoms with van der Waals surface area (Å²) in [6.45, 7) is 1.08. The fourth-order valence-electron chi connectivity index (χ4n) is 2.56. The lowest BCUT2D eigenvalue weighted by molar-refractivity contribution is -0.123. The number of rotatable bonds is 4. The molecule has 2 rings (SSSR count). The van der Waals surface area contributed by atoms with Gasteiger partial charge in [0, 0.05) is 22.6 Å². The molecule has 0 atom stereocenters. The van der Waals surface area contributed by atoms with Crippen molar-refractivity contribution >= 4 is 34.4 Å². The van der Waals surface area contributed by atoms with Gasteiger partial charge in [-0.15, -0.1) is 0 Å². The summed E-state index contributed by atoms with van der Waals surface area (Å²) in [5.74, 6) is 0.642. The average Bonchev–Trinajstić information content (AvgIpc) is 2.53. The first kappa shape index (κ1) is 16.9. The summed E-state index contributed by atoms with van der Waals surface area (Å²) in [4.78, 5) is 25.6. The minimum atomic E-state index is -0.284. The van der Waals surface area contributed by atoms with E-state index in [9.17, 15) is 9.59 Å². The van der Waals surface area contributed by atoms with Crippen molar-refractivity contribution in [1.82, 2.24) is 4.90 Å². The van der Waals surface area contributed by atoms with Crippen molar-refractivity contribution in [2.45, 2.75) is 12.8 Å². The number of nitrogens with two attached hydrogens (primary N) is 1. The van der Waals surface area contributed by atoms with Crippen molar-refractivity contribution in [1.29, 1.82) is 0 Å². The summed E-state index contributed by atoms with van der Waals surface area (Å²) < 4.78 is 11.3. The number of piperidine rings is 1. The lowest BCUT2D eigenvalue weighted by Crippen LogP contribution is -2.42. The number of carbonyl (C=O) groups is 2. The number of carbonyl (C=O) groups excluding carboxylic acids is 2. The van der Waals surface area contributed by atoms with Gasteiger partial charge in [-0.1, -0.05) is 0 Å². The lowest BCUT2D eigenvalue weighted by Gasteiger charge is -2.31. The highest BCUT2D eigenvalue weighted by Gasteiger charge is 2.28. The summed E-state index contributed by atoms with van der Waals surface area (Å²) in [5, 5.41) is 0. The first-order valence-electron chi connectivity index (χ1n) is 6.98. The van der Waals surface area contributed by atoms with Gasteiger partial charge in [0.15, 0.2) is 11.5 Å². The lowest BCUT2D eigenvalue weighted by atomic mass is 9.96. The Balaban J connectivity index is 2.18. The average molecular weight is 418 g/mol. The normalized spacial score (nSPS) is 15.5. The van der Waals surface area contributed by atoms with Gasteiger partial charge in [-0.2, -0.15) is 0 Å². The zero-order valence-corrected chi connectivity index (χ0v) is 14.8. The van der Waals surface area contributed by atoms with E-state index in [1.54, 1.807) is 24.1 Å².